The van der Waals surface area contributed by atoms with E-state index in [1.807, 2.05) is 0 Å². The van der Waals surface area contributed by atoms with Gasteiger partial charge in [0.25, 0.3) is 0 Å². The van der Waals surface area contributed by atoms with Gasteiger partial charge in [-0.05, 0) is 25.7 Å². The zero-order valence-electron chi connectivity index (χ0n) is 11.7. The highest BCUT2D eigenvalue weighted by Gasteiger charge is 2.50. The molecule has 0 aromatic carbocycles. The van der Waals surface area contributed by atoms with Gasteiger partial charge in [0, 0.05) is 13.1 Å². The van der Waals surface area contributed by atoms with Gasteiger partial charge in [-0.25, -0.2) is 8.42 Å². The predicted molar refractivity (Wildman–Crippen MR) is 73.9 cm³/mol. The molecule has 4 unspecified atom stereocenters. The van der Waals surface area contributed by atoms with E-state index in [1.165, 1.54) is 4.31 Å². The van der Waals surface area contributed by atoms with Crippen LogP contribution in [0.15, 0.2) is 0 Å². The molecule has 118 valence electrons. The fourth-order valence-corrected chi connectivity index (χ4v) is 6.43. The number of carboxylic acids is 1. The van der Waals surface area contributed by atoms with Gasteiger partial charge in [-0.2, -0.15) is 4.31 Å². The second-order valence-electron chi connectivity index (χ2n) is 6.13. The van der Waals surface area contributed by atoms with Crippen LogP contribution in [0, 0.1) is 11.8 Å². The number of carboxylic acid groups (broad SMARTS) is 1. The van der Waals surface area contributed by atoms with Crippen molar-refractivity contribution in [2.24, 2.45) is 11.8 Å². The number of aliphatic carboxylic acids is 1. The molecule has 2 saturated heterocycles. The number of hydrogen-bond donors (Lipinski definition) is 2. The van der Waals surface area contributed by atoms with E-state index < -0.39 is 27.2 Å². The molecule has 8 heteroatoms. The third-order valence-electron chi connectivity index (χ3n) is 5.03. The molecule has 21 heavy (non-hydrogen) atoms. The van der Waals surface area contributed by atoms with Crippen LogP contribution in [0.5, 0.6) is 0 Å². The van der Waals surface area contributed by atoms with Gasteiger partial charge in [0.1, 0.15) is 0 Å². The lowest BCUT2D eigenvalue weighted by molar-refractivity contribution is -0.141. The highest BCUT2D eigenvalue weighted by Crippen LogP contribution is 2.37. The van der Waals surface area contributed by atoms with Crippen LogP contribution in [-0.4, -0.2) is 54.1 Å². The molecule has 1 amide bonds. The van der Waals surface area contributed by atoms with Gasteiger partial charge >= 0.3 is 5.97 Å². The van der Waals surface area contributed by atoms with Crippen LogP contribution >= 0.6 is 0 Å². The van der Waals surface area contributed by atoms with Crippen LogP contribution in [0.1, 0.15) is 32.1 Å². The molecule has 0 spiro atoms. The van der Waals surface area contributed by atoms with Crippen LogP contribution in [-0.2, 0) is 19.6 Å². The second kappa shape index (κ2) is 5.24. The molecule has 4 atom stereocenters. The zero-order valence-corrected chi connectivity index (χ0v) is 12.5. The van der Waals surface area contributed by atoms with E-state index in [2.05, 4.69) is 5.32 Å². The lowest BCUT2D eigenvalue weighted by Crippen LogP contribution is -2.52. The number of sulfonamides is 1. The number of fused-ring (bicyclic) bond motifs is 1. The first-order chi connectivity index (χ1) is 9.93. The molecule has 3 fully saturated rings. The first-order valence-electron chi connectivity index (χ1n) is 7.44. The number of nitrogens with zero attached hydrogens (tertiary/aromatic N) is 1. The molecule has 0 aromatic rings. The van der Waals surface area contributed by atoms with Crippen molar-refractivity contribution in [1.82, 2.24) is 9.62 Å². The standard InChI is InChI=1S/C13H20N2O5S/c16-12-8-4-2-6-15(10(8)7-14-12)21(19,20)11-5-1-3-9(11)13(17)18/h8-11H,1-7H2,(H,14,16)(H,17,18). The lowest BCUT2D eigenvalue weighted by Gasteiger charge is -2.37. The summed E-state index contributed by atoms with van der Waals surface area (Å²) in [5, 5.41) is 11.1. The third-order valence-corrected chi connectivity index (χ3v) is 7.47. The zero-order chi connectivity index (χ0) is 15.2. The maximum Gasteiger partial charge on any atom is 0.307 e. The molecule has 0 bridgehead atoms. The highest BCUT2D eigenvalue weighted by molar-refractivity contribution is 7.89. The monoisotopic (exact) mass is 316 g/mol. The largest absolute Gasteiger partial charge is 0.481 e. The molecule has 1 aliphatic carbocycles. The highest BCUT2D eigenvalue weighted by atomic mass is 32.2. The fraction of sp³-hybridized carbons (Fsp3) is 0.846. The molecule has 7 nitrogen and oxygen atoms in total. The Morgan fingerprint density at radius 2 is 2.00 bits per heavy atom. The van der Waals surface area contributed by atoms with Crippen molar-refractivity contribution in [2.75, 3.05) is 13.1 Å². The first-order valence-corrected chi connectivity index (χ1v) is 8.94. The summed E-state index contributed by atoms with van der Waals surface area (Å²) in [5.41, 5.74) is 0. The summed E-state index contributed by atoms with van der Waals surface area (Å²) in [7, 11) is -3.67. The average Bonchev–Trinajstić information content (AvgIpc) is 3.06. The van der Waals surface area contributed by atoms with Gasteiger partial charge in [0.2, 0.25) is 15.9 Å². The molecular formula is C13H20N2O5S. The van der Waals surface area contributed by atoms with E-state index in [0.29, 0.717) is 45.2 Å². The van der Waals surface area contributed by atoms with Gasteiger partial charge in [0.05, 0.1) is 23.1 Å². The Morgan fingerprint density at radius 1 is 1.24 bits per heavy atom. The Bertz CT molecular complexity index is 561. The van der Waals surface area contributed by atoms with Crippen molar-refractivity contribution in [3.05, 3.63) is 0 Å². The smallest absolute Gasteiger partial charge is 0.307 e. The molecular weight excluding hydrogens is 296 g/mol. The summed E-state index contributed by atoms with van der Waals surface area (Å²) in [6.07, 6.45) is 2.79. The third kappa shape index (κ3) is 2.34. The minimum atomic E-state index is -3.67. The van der Waals surface area contributed by atoms with Gasteiger partial charge in [-0.3, -0.25) is 9.59 Å². The summed E-state index contributed by atoms with van der Waals surface area (Å²) < 4.78 is 27.2. The van der Waals surface area contributed by atoms with E-state index in [1.54, 1.807) is 0 Å². The summed E-state index contributed by atoms with van der Waals surface area (Å²) >= 11 is 0. The normalized spacial score (nSPS) is 37.2. The minimum Gasteiger partial charge on any atom is -0.481 e. The van der Waals surface area contributed by atoms with Crippen molar-refractivity contribution in [3.63, 3.8) is 0 Å². The SMILES string of the molecule is O=C1NCC2C1CCCN2S(=O)(=O)C1CCCC1C(=O)O. The van der Waals surface area contributed by atoms with Crippen molar-refractivity contribution in [3.8, 4) is 0 Å². The van der Waals surface area contributed by atoms with Crippen LogP contribution in [0.4, 0.5) is 0 Å². The van der Waals surface area contributed by atoms with E-state index in [0.717, 1.165) is 0 Å². The lowest BCUT2D eigenvalue weighted by atomic mass is 9.93. The van der Waals surface area contributed by atoms with Crippen molar-refractivity contribution < 1.29 is 23.1 Å². The van der Waals surface area contributed by atoms with Crippen molar-refractivity contribution in [2.45, 2.75) is 43.4 Å². The van der Waals surface area contributed by atoms with E-state index >= 15 is 0 Å². The number of hydrogen-bond acceptors (Lipinski definition) is 4. The Morgan fingerprint density at radius 3 is 2.71 bits per heavy atom. The maximum atomic E-state index is 12.9. The average molecular weight is 316 g/mol. The Labute approximate surface area is 123 Å². The molecule has 0 radical (unpaired) electrons. The molecule has 3 rings (SSSR count). The number of carbonyl (C=O) groups excluding carboxylic acids is 1. The van der Waals surface area contributed by atoms with Gasteiger partial charge in [-0.1, -0.05) is 6.42 Å². The Balaban J connectivity index is 1.87. The van der Waals surface area contributed by atoms with Crippen LogP contribution in [0.25, 0.3) is 0 Å². The van der Waals surface area contributed by atoms with E-state index in [4.69, 9.17) is 0 Å². The molecule has 3 aliphatic rings. The van der Waals surface area contributed by atoms with Crippen LogP contribution < -0.4 is 5.32 Å². The van der Waals surface area contributed by atoms with Crippen LogP contribution in [0.2, 0.25) is 0 Å². The molecule has 2 aliphatic heterocycles. The number of amides is 1. The predicted octanol–water partition coefficient (Wildman–Crippen LogP) is -0.220. The van der Waals surface area contributed by atoms with Gasteiger partial charge < -0.3 is 10.4 Å². The molecule has 2 N–H and O–H groups in total. The maximum absolute atomic E-state index is 12.9. The number of piperidine rings is 1. The fourth-order valence-electron chi connectivity index (χ4n) is 3.97. The summed E-state index contributed by atoms with van der Waals surface area (Å²) in [6.45, 7) is 0.731. The first kappa shape index (κ1) is 14.8. The minimum absolute atomic E-state index is 0.0823. The molecule has 2 heterocycles. The summed E-state index contributed by atoms with van der Waals surface area (Å²) in [4.78, 5) is 23.0. The second-order valence-corrected chi connectivity index (χ2v) is 8.24. The summed E-state index contributed by atoms with van der Waals surface area (Å²) in [5.74, 6) is -2.21. The van der Waals surface area contributed by atoms with Gasteiger partial charge in [0.15, 0.2) is 0 Å². The number of rotatable bonds is 3. The van der Waals surface area contributed by atoms with E-state index in [-0.39, 0.29) is 17.9 Å². The van der Waals surface area contributed by atoms with Crippen molar-refractivity contribution in [1.29, 1.82) is 0 Å². The van der Waals surface area contributed by atoms with Gasteiger partial charge in [-0.15, -0.1) is 0 Å². The number of nitrogens with one attached hydrogen (secondary N) is 1. The molecule has 0 aromatic heterocycles. The molecule has 1 saturated carbocycles. The van der Waals surface area contributed by atoms with E-state index in [9.17, 15) is 23.1 Å². The van der Waals surface area contributed by atoms with Crippen LogP contribution in [0.3, 0.4) is 0 Å². The number of carbonyl (C=O) groups is 2. The Kier molecular flexibility index (Phi) is 3.69. The Hall–Kier alpha value is -1.15. The topological polar surface area (TPSA) is 104 Å². The quantitative estimate of drug-likeness (QED) is 0.749. The summed E-state index contributed by atoms with van der Waals surface area (Å²) in [6, 6.07) is -0.341. The van der Waals surface area contributed by atoms with Crippen molar-refractivity contribution >= 4 is 21.9 Å².